The van der Waals surface area contributed by atoms with E-state index in [4.69, 9.17) is 4.74 Å². The molecule has 34 heavy (non-hydrogen) atoms. The number of carboxylic acid groups (broad SMARTS) is 1. The van der Waals surface area contributed by atoms with Crippen molar-refractivity contribution in [2.75, 3.05) is 13.2 Å². The first-order chi connectivity index (χ1) is 16.1. The SMILES string of the molecule is CC(NC(=O)OCC1c2ccccc2-c2ccccc21)C(C)C(=O)N1CC(F)(F)C[C@@H]1C(=O)O. The van der Waals surface area contributed by atoms with Crippen LogP contribution in [0.1, 0.15) is 37.3 Å². The molecule has 1 aliphatic heterocycles. The van der Waals surface area contributed by atoms with Crippen LogP contribution in [0.5, 0.6) is 0 Å². The number of hydrogen-bond acceptors (Lipinski definition) is 4. The van der Waals surface area contributed by atoms with Gasteiger partial charge in [-0.1, -0.05) is 55.5 Å². The van der Waals surface area contributed by atoms with Crippen molar-refractivity contribution < 1.29 is 33.0 Å². The van der Waals surface area contributed by atoms with E-state index in [1.807, 2.05) is 48.5 Å². The van der Waals surface area contributed by atoms with E-state index in [0.29, 0.717) is 4.90 Å². The van der Waals surface area contributed by atoms with Crippen molar-refractivity contribution in [2.24, 2.45) is 5.92 Å². The number of nitrogens with zero attached hydrogens (tertiary/aromatic N) is 1. The standard InChI is InChI=1S/C25H26F2N2O5/c1-14(22(30)29-13-25(26,27)11-21(29)23(31)32)15(2)28-24(33)34-12-20-18-9-5-3-7-16(18)17-8-4-6-10-19(17)20/h3-10,14-15,20-21H,11-13H2,1-2H3,(H,28,33)(H,31,32)/t14?,15?,21-/m1/s1. The maximum absolute atomic E-state index is 13.8. The molecule has 0 spiro atoms. The number of carbonyl (C=O) groups excluding carboxylic acids is 2. The van der Waals surface area contributed by atoms with Crippen LogP contribution in [0.25, 0.3) is 11.1 Å². The third-order valence-electron chi connectivity index (χ3n) is 6.67. The molecular formula is C25H26F2N2O5. The average Bonchev–Trinajstić information content (AvgIpc) is 3.31. The highest BCUT2D eigenvalue weighted by molar-refractivity contribution is 5.86. The molecule has 7 nitrogen and oxygen atoms in total. The average molecular weight is 472 g/mol. The summed E-state index contributed by atoms with van der Waals surface area (Å²) in [6.07, 6.45) is -1.66. The molecule has 180 valence electrons. The fourth-order valence-corrected chi connectivity index (χ4v) is 4.70. The molecule has 1 fully saturated rings. The number of amides is 2. The number of ether oxygens (including phenoxy) is 1. The Kier molecular flexibility index (Phi) is 6.29. The number of fused-ring (bicyclic) bond motifs is 3. The van der Waals surface area contributed by atoms with Gasteiger partial charge in [0, 0.05) is 18.4 Å². The van der Waals surface area contributed by atoms with Crippen molar-refractivity contribution >= 4 is 18.0 Å². The summed E-state index contributed by atoms with van der Waals surface area (Å²) < 4.78 is 33.0. The lowest BCUT2D eigenvalue weighted by molar-refractivity contribution is -0.150. The minimum absolute atomic E-state index is 0.0916. The second-order valence-electron chi connectivity index (χ2n) is 8.93. The van der Waals surface area contributed by atoms with Crippen molar-refractivity contribution in [3.63, 3.8) is 0 Å². The number of rotatable bonds is 6. The van der Waals surface area contributed by atoms with Crippen molar-refractivity contribution in [2.45, 2.75) is 44.2 Å². The zero-order valence-corrected chi connectivity index (χ0v) is 18.8. The van der Waals surface area contributed by atoms with Crippen LogP contribution in [0.2, 0.25) is 0 Å². The number of alkyl halides is 2. The molecule has 0 saturated carbocycles. The summed E-state index contributed by atoms with van der Waals surface area (Å²) in [6.45, 7) is 2.15. The van der Waals surface area contributed by atoms with Gasteiger partial charge < -0.3 is 20.1 Å². The molecule has 2 N–H and O–H groups in total. The number of benzene rings is 2. The molecule has 1 heterocycles. The van der Waals surface area contributed by atoms with Gasteiger partial charge in [0.1, 0.15) is 12.6 Å². The lowest BCUT2D eigenvalue weighted by Crippen LogP contribution is -2.49. The van der Waals surface area contributed by atoms with Gasteiger partial charge in [0.2, 0.25) is 5.91 Å². The minimum Gasteiger partial charge on any atom is -0.480 e. The van der Waals surface area contributed by atoms with Gasteiger partial charge in [-0.2, -0.15) is 0 Å². The van der Waals surface area contributed by atoms with Gasteiger partial charge >= 0.3 is 12.1 Å². The maximum atomic E-state index is 13.8. The Hall–Kier alpha value is -3.49. The Morgan fingerprint density at radius 3 is 2.21 bits per heavy atom. The smallest absolute Gasteiger partial charge is 0.407 e. The Morgan fingerprint density at radius 1 is 1.09 bits per heavy atom. The van der Waals surface area contributed by atoms with E-state index in [1.165, 1.54) is 6.92 Å². The number of carbonyl (C=O) groups is 3. The van der Waals surface area contributed by atoms with Crippen LogP contribution in [0.3, 0.4) is 0 Å². The molecule has 3 atom stereocenters. The Bertz CT molecular complexity index is 1080. The van der Waals surface area contributed by atoms with E-state index < -0.39 is 54.9 Å². The van der Waals surface area contributed by atoms with Gasteiger partial charge in [0.25, 0.3) is 5.92 Å². The monoisotopic (exact) mass is 472 g/mol. The Balaban J connectivity index is 1.37. The first-order valence-corrected chi connectivity index (χ1v) is 11.1. The van der Waals surface area contributed by atoms with Crippen LogP contribution in [0, 0.1) is 5.92 Å². The maximum Gasteiger partial charge on any atom is 0.407 e. The fourth-order valence-electron chi connectivity index (χ4n) is 4.70. The summed E-state index contributed by atoms with van der Waals surface area (Å²) in [5.41, 5.74) is 4.30. The number of likely N-dealkylation sites (tertiary alicyclic amines) is 1. The number of hydrogen-bond donors (Lipinski definition) is 2. The summed E-state index contributed by atoms with van der Waals surface area (Å²) >= 11 is 0. The quantitative estimate of drug-likeness (QED) is 0.666. The zero-order valence-electron chi connectivity index (χ0n) is 18.8. The van der Waals surface area contributed by atoms with E-state index in [2.05, 4.69) is 5.32 Å². The largest absolute Gasteiger partial charge is 0.480 e. The molecule has 9 heteroatoms. The van der Waals surface area contributed by atoms with E-state index in [1.54, 1.807) is 6.92 Å². The lowest BCUT2D eigenvalue weighted by Gasteiger charge is -2.28. The van der Waals surface area contributed by atoms with E-state index in [0.717, 1.165) is 22.3 Å². The number of aliphatic carboxylic acids is 1. The molecule has 2 amide bonds. The van der Waals surface area contributed by atoms with Crippen LogP contribution in [-0.2, 0) is 14.3 Å². The molecule has 0 radical (unpaired) electrons. The summed E-state index contributed by atoms with van der Waals surface area (Å²) in [5, 5.41) is 11.8. The molecule has 4 rings (SSSR count). The summed E-state index contributed by atoms with van der Waals surface area (Å²) in [5.74, 6) is -6.54. The molecule has 0 aromatic heterocycles. The number of nitrogens with one attached hydrogen (secondary N) is 1. The lowest BCUT2D eigenvalue weighted by atomic mass is 9.98. The van der Waals surface area contributed by atoms with Gasteiger partial charge in [-0.15, -0.1) is 0 Å². The van der Waals surface area contributed by atoms with Crippen molar-refractivity contribution in [1.29, 1.82) is 0 Å². The van der Waals surface area contributed by atoms with Crippen molar-refractivity contribution in [3.8, 4) is 11.1 Å². The van der Waals surface area contributed by atoms with Gasteiger partial charge in [-0.3, -0.25) is 4.79 Å². The number of alkyl carbamates (subject to hydrolysis) is 1. The molecule has 1 aliphatic carbocycles. The van der Waals surface area contributed by atoms with Gasteiger partial charge in [-0.05, 0) is 29.2 Å². The van der Waals surface area contributed by atoms with Crippen molar-refractivity contribution in [3.05, 3.63) is 59.7 Å². The highest BCUT2D eigenvalue weighted by atomic mass is 19.3. The predicted molar refractivity (Wildman–Crippen MR) is 120 cm³/mol. The van der Waals surface area contributed by atoms with E-state index in [9.17, 15) is 28.3 Å². The molecule has 2 aromatic carbocycles. The second kappa shape index (κ2) is 9.04. The van der Waals surface area contributed by atoms with Crippen LogP contribution in [0.4, 0.5) is 13.6 Å². The van der Waals surface area contributed by atoms with E-state index >= 15 is 0 Å². The second-order valence-corrected chi connectivity index (χ2v) is 8.93. The molecule has 0 bridgehead atoms. The van der Waals surface area contributed by atoms with Crippen molar-refractivity contribution in [1.82, 2.24) is 10.2 Å². The Labute approximate surface area is 195 Å². The molecule has 2 aromatic rings. The third kappa shape index (κ3) is 4.47. The first-order valence-electron chi connectivity index (χ1n) is 11.1. The van der Waals surface area contributed by atoms with Crippen LogP contribution >= 0.6 is 0 Å². The summed E-state index contributed by atoms with van der Waals surface area (Å²) in [6, 6.07) is 13.5. The van der Waals surface area contributed by atoms with Crippen LogP contribution in [0.15, 0.2) is 48.5 Å². The summed E-state index contributed by atoms with van der Waals surface area (Å²) in [7, 11) is 0. The topological polar surface area (TPSA) is 95.9 Å². The fraction of sp³-hybridized carbons (Fsp3) is 0.400. The third-order valence-corrected chi connectivity index (χ3v) is 6.67. The highest BCUT2D eigenvalue weighted by Gasteiger charge is 2.51. The van der Waals surface area contributed by atoms with Gasteiger partial charge in [0.15, 0.2) is 0 Å². The molecule has 2 aliphatic rings. The Morgan fingerprint density at radius 2 is 1.65 bits per heavy atom. The normalized spacial score (nSPS) is 20.2. The number of halogens is 2. The zero-order chi connectivity index (χ0) is 24.6. The van der Waals surface area contributed by atoms with Crippen LogP contribution < -0.4 is 5.32 Å². The number of carboxylic acids is 1. The minimum atomic E-state index is -3.26. The molecular weight excluding hydrogens is 446 g/mol. The summed E-state index contributed by atoms with van der Waals surface area (Å²) in [4.78, 5) is 37.3. The molecule has 2 unspecified atom stereocenters. The van der Waals surface area contributed by atoms with Gasteiger partial charge in [0.05, 0.1) is 12.5 Å². The highest BCUT2D eigenvalue weighted by Crippen LogP contribution is 2.44. The van der Waals surface area contributed by atoms with E-state index in [-0.39, 0.29) is 12.5 Å². The molecule has 1 saturated heterocycles. The van der Waals surface area contributed by atoms with Gasteiger partial charge in [-0.25, -0.2) is 18.4 Å². The van der Waals surface area contributed by atoms with Crippen LogP contribution in [-0.4, -0.2) is 59.1 Å². The first kappa shape index (κ1) is 23.7. The predicted octanol–water partition coefficient (Wildman–Crippen LogP) is 3.87.